The highest BCUT2D eigenvalue weighted by Crippen LogP contribution is 2.20. The van der Waals surface area contributed by atoms with Crippen LogP contribution in [0.3, 0.4) is 0 Å². The van der Waals surface area contributed by atoms with E-state index in [0.717, 1.165) is 25.1 Å². The molecular weight excluding hydrogens is 212 g/mol. The van der Waals surface area contributed by atoms with Gasteiger partial charge in [0.25, 0.3) is 0 Å². The largest absolute Gasteiger partial charge is 0.399 e. The molecule has 1 amide bonds. The Bertz CT molecular complexity index is 376. The summed E-state index contributed by atoms with van der Waals surface area (Å²) >= 11 is 0. The molecule has 0 aliphatic heterocycles. The van der Waals surface area contributed by atoms with Gasteiger partial charge in [-0.05, 0) is 38.0 Å². The van der Waals surface area contributed by atoms with Crippen molar-refractivity contribution >= 4 is 11.6 Å². The van der Waals surface area contributed by atoms with E-state index in [9.17, 15) is 4.79 Å². The fraction of sp³-hybridized carbons (Fsp3) is 0.500. The maximum Gasteiger partial charge on any atom is 0.229 e. The number of nitrogen functional groups attached to an aromatic ring is 1. The number of hydrogen-bond donors (Lipinski definition) is 1. The highest BCUT2D eigenvalue weighted by atomic mass is 16.2. The van der Waals surface area contributed by atoms with Gasteiger partial charge in [-0.3, -0.25) is 4.79 Å². The van der Waals surface area contributed by atoms with E-state index < -0.39 is 0 Å². The van der Waals surface area contributed by atoms with E-state index in [4.69, 9.17) is 5.73 Å². The summed E-state index contributed by atoms with van der Waals surface area (Å²) in [5.41, 5.74) is 7.44. The molecule has 0 fully saturated rings. The van der Waals surface area contributed by atoms with Crippen LogP contribution in [0.5, 0.6) is 0 Å². The van der Waals surface area contributed by atoms with Crippen LogP contribution < -0.4 is 5.73 Å². The lowest BCUT2D eigenvalue weighted by Gasteiger charge is -2.24. The van der Waals surface area contributed by atoms with Gasteiger partial charge in [0.1, 0.15) is 0 Å². The van der Waals surface area contributed by atoms with Gasteiger partial charge < -0.3 is 10.6 Å². The zero-order chi connectivity index (χ0) is 12.8. The van der Waals surface area contributed by atoms with Crippen LogP contribution in [-0.4, -0.2) is 23.9 Å². The SMILES string of the molecule is CCCN(CC)C(=O)C(C)c1cccc(N)c1. The van der Waals surface area contributed by atoms with Crippen molar-refractivity contribution in [3.63, 3.8) is 0 Å². The smallest absolute Gasteiger partial charge is 0.229 e. The minimum atomic E-state index is -0.120. The average molecular weight is 234 g/mol. The summed E-state index contributed by atoms with van der Waals surface area (Å²) in [4.78, 5) is 14.2. The third-order valence-electron chi connectivity index (χ3n) is 2.97. The fourth-order valence-corrected chi connectivity index (χ4v) is 1.94. The molecule has 3 nitrogen and oxygen atoms in total. The van der Waals surface area contributed by atoms with Crippen molar-refractivity contribution in [2.45, 2.75) is 33.1 Å². The number of carbonyl (C=O) groups excluding carboxylic acids is 1. The predicted octanol–water partition coefficient (Wildman–Crippen LogP) is 2.63. The zero-order valence-electron chi connectivity index (χ0n) is 10.9. The second-order valence-corrected chi connectivity index (χ2v) is 4.31. The highest BCUT2D eigenvalue weighted by molar-refractivity contribution is 5.83. The van der Waals surface area contributed by atoms with E-state index in [1.165, 1.54) is 0 Å². The number of nitrogens with zero attached hydrogens (tertiary/aromatic N) is 1. The third kappa shape index (κ3) is 3.48. The second kappa shape index (κ2) is 6.28. The lowest BCUT2D eigenvalue weighted by molar-refractivity contribution is -0.132. The van der Waals surface area contributed by atoms with E-state index >= 15 is 0 Å². The summed E-state index contributed by atoms with van der Waals surface area (Å²) in [5.74, 6) is 0.0601. The summed E-state index contributed by atoms with van der Waals surface area (Å²) < 4.78 is 0. The summed E-state index contributed by atoms with van der Waals surface area (Å²) in [6.07, 6.45) is 0.989. The molecular formula is C14H22N2O. The van der Waals surface area contributed by atoms with Gasteiger partial charge in [0.2, 0.25) is 5.91 Å². The molecule has 0 aromatic heterocycles. The van der Waals surface area contributed by atoms with Gasteiger partial charge in [-0.15, -0.1) is 0 Å². The number of anilines is 1. The first-order chi connectivity index (χ1) is 8.10. The molecule has 0 radical (unpaired) electrons. The molecule has 0 aliphatic rings. The Morgan fingerprint density at radius 3 is 2.65 bits per heavy atom. The van der Waals surface area contributed by atoms with Gasteiger partial charge in [-0.2, -0.15) is 0 Å². The van der Waals surface area contributed by atoms with Crippen LogP contribution in [0.1, 0.15) is 38.7 Å². The van der Waals surface area contributed by atoms with Gasteiger partial charge in [0, 0.05) is 18.8 Å². The number of carbonyl (C=O) groups is 1. The standard InChI is InChI=1S/C14H22N2O/c1-4-9-16(5-2)14(17)11(3)12-7-6-8-13(15)10-12/h6-8,10-11H,4-5,9,15H2,1-3H3. The Hall–Kier alpha value is -1.51. The molecule has 1 aromatic rings. The minimum Gasteiger partial charge on any atom is -0.399 e. The monoisotopic (exact) mass is 234 g/mol. The number of likely N-dealkylation sites (N-methyl/N-ethyl adjacent to an activating group) is 1. The van der Waals surface area contributed by atoms with Crippen molar-refractivity contribution in [2.24, 2.45) is 0 Å². The summed E-state index contributed by atoms with van der Waals surface area (Å²) in [6, 6.07) is 7.57. The predicted molar refractivity (Wildman–Crippen MR) is 71.8 cm³/mol. The molecule has 0 spiro atoms. The minimum absolute atomic E-state index is 0.120. The number of benzene rings is 1. The van der Waals surface area contributed by atoms with Crippen molar-refractivity contribution in [2.75, 3.05) is 18.8 Å². The van der Waals surface area contributed by atoms with E-state index in [1.54, 1.807) is 0 Å². The van der Waals surface area contributed by atoms with Crippen molar-refractivity contribution in [3.8, 4) is 0 Å². The summed E-state index contributed by atoms with van der Waals surface area (Å²) in [6.45, 7) is 7.62. The second-order valence-electron chi connectivity index (χ2n) is 4.31. The lowest BCUT2D eigenvalue weighted by atomic mass is 9.99. The number of rotatable bonds is 5. The highest BCUT2D eigenvalue weighted by Gasteiger charge is 2.20. The average Bonchev–Trinajstić information content (AvgIpc) is 2.34. The molecule has 0 bridgehead atoms. The zero-order valence-corrected chi connectivity index (χ0v) is 10.9. The molecule has 1 unspecified atom stereocenters. The first kappa shape index (κ1) is 13.6. The third-order valence-corrected chi connectivity index (χ3v) is 2.97. The van der Waals surface area contributed by atoms with Gasteiger partial charge >= 0.3 is 0 Å². The molecule has 1 rings (SSSR count). The Labute approximate surface area is 104 Å². The Balaban J connectivity index is 2.81. The maximum atomic E-state index is 12.3. The van der Waals surface area contributed by atoms with E-state index in [0.29, 0.717) is 5.69 Å². The van der Waals surface area contributed by atoms with Crippen molar-refractivity contribution < 1.29 is 4.79 Å². The first-order valence-corrected chi connectivity index (χ1v) is 6.24. The first-order valence-electron chi connectivity index (χ1n) is 6.24. The molecule has 0 saturated carbocycles. The quantitative estimate of drug-likeness (QED) is 0.796. The Morgan fingerprint density at radius 2 is 2.12 bits per heavy atom. The Morgan fingerprint density at radius 1 is 1.41 bits per heavy atom. The van der Waals surface area contributed by atoms with Crippen molar-refractivity contribution in [1.82, 2.24) is 4.90 Å². The maximum absolute atomic E-state index is 12.3. The van der Waals surface area contributed by atoms with Crippen LogP contribution in [0.15, 0.2) is 24.3 Å². The molecule has 17 heavy (non-hydrogen) atoms. The topological polar surface area (TPSA) is 46.3 Å². The normalized spacial score (nSPS) is 12.2. The fourth-order valence-electron chi connectivity index (χ4n) is 1.94. The van der Waals surface area contributed by atoms with Gasteiger partial charge in [-0.25, -0.2) is 0 Å². The molecule has 2 N–H and O–H groups in total. The van der Waals surface area contributed by atoms with E-state index in [2.05, 4.69) is 6.92 Å². The van der Waals surface area contributed by atoms with Gasteiger partial charge in [0.15, 0.2) is 0 Å². The van der Waals surface area contributed by atoms with Crippen LogP contribution in [0.2, 0.25) is 0 Å². The van der Waals surface area contributed by atoms with Crippen molar-refractivity contribution in [3.05, 3.63) is 29.8 Å². The van der Waals surface area contributed by atoms with E-state index in [-0.39, 0.29) is 11.8 Å². The number of hydrogen-bond acceptors (Lipinski definition) is 2. The van der Waals surface area contributed by atoms with Crippen molar-refractivity contribution in [1.29, 1.82) is 0 Å². The van der Waals surface area contributed by atoms with E-state index in [1.807, 2.05) is 43.0 Å². The van der Waals surface area contributed by atoms with Gasteiger partial charge in [0.05, 0.1) is 5.92 Å². The van der Waals surface area contributed by atoms with Gasteiger partial charge in [-0.1, -0.05) is 19.1 Å². The molecule has 3 heteroatoms. The Kier molecular flexibility index (Phi) is 5.01. The molecule has 0 heterocycles. The number of nitrogens with two attached hydrogens (primary N) is 1. The van der Waals surface area contributed by atoms with Crippen LogP contribution in [0.25, 0.3) is 0 Å². The van der Waals surface area contributed by atoms with Crippen LogP contribution in [0, 0.1) is 0 Å². The van der Waals surface area contributed by atoms with Crippen LogP contribution in [-0.2, 0) is 4.79 Å². The molecule has 0 aliphatic carbocycles. The molecule has 1 atom stereocenters. The van der Waals surface area contributed by atoms with Crippen LogP contribution in [0.4, 0.5) is 5.69 Å². The molecule has 94 valence electrons. The molecule has 1 aromatic carbocycles. The van der Waals surface area contributed by atoms with Crippen LogP contribution >= 0.6 is 0 Å². The number of amides is 1. The summed E-state index contributed by atoms with van der Waals surface area (Å²) in [5, 5.41) is 0. The summed E-state index contributed by atoms with van der Waals surface area (Å²) in [7, 11) is 0. The lowest BCUT2D eigenvalue weighted by Crippen LogP contribution is -2.34. The molecule has 0 saturated heterocycles.